The summed E-state index contributed by atoms with van der Waals surface area (Å²) in [5.74, 6) is 1.77. The van der Waals surface area contributed by atoms with Crippen LogP contribution in [-0.2, 0) is 6.54 Å². The van der Waals surface area contributed by atoms with Gasteiger partial charge in [0, 0.05) is 25.2 Å². The van der Waals surface area contributed by atoms with Crippen molar-refractivity contribution < 1.29 is 9.21 Å². The quantitative estimate of drug-likeness (QED) is 0.832. The lowest BCUT2D eigenvalue weighted by Gasteiger charge is -2.33. The Morgan fingerprint density at radius 2 is 2.04 bits per heavy atom. The first-order chi connectivity index (χ1) is 12.3. The minimum atomic E-state index is -0.114. The zero-order chi connectivity index (χ0) is 17.2. The van der Waals surface area contributed by atoms with Gasteiger partial charge in [0.2, 0.25) is 11.8 Å². The topological polar surface area (TPSA) is 77.0 Å². The van der Waals surface area contributed by atoms with Gasteiger partial charge in [-0.25, -0.2) is 0 Å². The lowest BCUT2D eigenvalue weighted by molar-refractivity contribution is 0.0568. The minimum absolute atomic E-state index is 0.00967. The first-order valence-corrected chi connectivity index (χ1v) is 9.43. The molecule has 1 saturated carbocycles. The number of carbonyl (C=O) groups is 1. The van der Waals surface area contributed by atoms with Crippen molar-refractivity contribution in [2.75, 3.05) is 6.54 Å². The molecule has 0 spiro atoms. The fraction of sp³-hybridized carbons (Fsp3) is 0.667. The largest absolute Gasteiger partial charge is 0.423 e. The summed E-state index contributed by atoms with van der Waals surface area (Å²) in [6.45, 7) is 3.65. The van der Waals surface area contributed by atoms with Gasteiger partial charge in [0.05, 0.1) is 11.8 Å². The molecule has 1 aliphatic carbocycles. The third-order valence-corrected chi connectivity index (χ3v) is 5.29. The molecule has 2 fully saturated rings. The Kier molecular flexibility index (Phi) is 4.55. The van der Waals surface area contributed by atoms with Crippen LogP contribution in [0.1, 0.15) is 86.0 Å². The fourth-order valence-electron chi connectivity index (χ4n) is 3.62. The number of nitrogens with zero attached hydrogens (tertiary/aromatic N) is 5. The highest BCUT2D eigenvalue weighted by atomic mass is 16.4. The number of amides is 1. The van der Waals surface area contributed by atoms with Crippen molar-refractivity contribution in [2.24, 2.45) is 0 Å². The molecule has 1 amide bonds. The number of aromatic nitrogens is 4. The number of hydrogen-bond donors (Lipinski definition) is 0. The standard InChI is InChI=1S/C18H25N5O2/c1-2-9-22-12-14(11-19-22)18(24)23-10-4-3-8-15(23)17-21-20-16(25-17)13-6-5-7-13/h11-13,15H,2-10H2,1H3. The fourth-order valence-corrected chi connectivity index (χ4v) is 3.62. The Balaban J connectivity index is 1.53. The third-order valence-electron chi connectivity index (χ3n) is 5.29. The van der Waals surface area contributed by atoms with Crippen molar-refractivity contribution in [3.05, 3.63) is 29.7 Å². The molecule has 2 aromatic heterocycles. The predicted octanol–water partition coefficient (Wildman–Crippen LogP) is 3.31. The van der Waals surface area contributed by atoms with E-state index in [-0.39, 0.29) is 11.9 Å². The second kappa shape index (κ2) is 6.98. The van der Waals surface area contributed by atoms with E-state index in [9.17, 15) is 4.79 Å². The van der Waals surface area contributed by atoms with Crippen molar-refractivity contribution in [3.63, 3.8) is 0 Å². The van der Waals surface area contributed by atoms with Gasteiger partial charge in [0.15, 0.2) is 0 Å². The normalized spacial score (nSPS) is 21.3. The van der Waals surface area contributed by atoms with Gasteiger partial charge in [0.1, 0.15) is 6.04 Å². The summed E-state index contributed by atoms with van der Waals surface area (Å²) in [5.41, 5.74) is 0.638. The highest BCUT2D eigenvalue weighted by molar-refractivity contribution is 5.94. The lowest BCUT2D eigenvalue weighted by Crippen LogP contribution is -2.38. The Labute approximate surface area is 147 Å². The summed E-state index contributed by atoms with van der Waals surface area (Å²) < 4.78 is 7.78. The second-order valence-corrected chi connectivity index (χ2v) is 7.11. The smallest absolute Gasteiger partial charge is 0.257 e. The van der Waals surface area contributed by atoms with Crippen LogP contribution in [0.3, 0.4) is 0 Å². The molecule has 2 aromatic rings. The number of hydrogen-bond acceptors (Lipinski definition) is 5. The summed E-state index contributed by atoms with van der Waals surface area (Å²) in [5, 5.41) is 12.8. The van der Waals surface area contributed by atoms with Gasteiger partial charge in [0.25, 0.3) is 5.91 Å². The van der Waals surface area contributed by atoms with Crippen LogP contribution in [0.5, 0.6) is 0 Å². The van der Waals surface area contributed by atoms with Gasteiger partial charge >= 0.3 is 0 Å². The van der Waals surface area contributed by atoms with Crippen LogP contribution >= 0.6 is 0 Å². The van der Waals surface area contributed by atoms with Crippen molar-refractivity contribution in [2.45, 2.75) is 70.4 Å². The molecule has 0 N–H and O–H groups in total. The van der Waals surface area contributed by atoms with E-state index in [2.05, 4.69) is 22.2 Å². The summed E-state index contributed by atoms with van der Waals surface area (Å²) in [4.78, 5) is 14.9. The maximum atomic E-state index is 13.0. The molecule has 7 heteroatoms. The lowest BCUT2D eigenvalue weighted by atomic mass is 9.85. The van der Waals surface area contributed by atoms with E-state index >= 15 is 0 Å². The van der Waals surface area contributed by atoms with Crippen LogP contribution in [-0.4, -0.2) is 37.3 Å². The number of rotatable bonds is 5. The van der Waals surface area contributed by atoms with Crippen molar-refractivity contribution in [3.8, 4) is 0 Å². The third kappa shape index (κ3) is 3.19. The van der Waals surface area contributed by atoms with Crippen LogP contribution in [0.4, 0.5) is 0 Å². The average molecular weight is 343 g/mol. The Hall–Kier alpha value is -2.18. The van der Waals surface area contributed by atoms with E-state index in [0.29, 0.717) is 17.4 Å². The predicted molar refractivity (Wildman–Crippen MR) is 91.0 cm³/mol. The SMILES string of the molecule is CCCn1cc(C(=O)N2CCCCC2c2nnc(C3CCC3)o2)cn1. The maximum absolute atomic E-state index is 13.0. The second-order valence-electron chi connectivity index (χ2n) is 7.11. The number of likely N-dealkylation sites (tertiary alicyclic amines) is 1. The Morgan fingerprint density at radius 3 is 2.80 bits per heavy atom. The molecule has 25 heavy (non-hydrogen) atoms. The van der Waals surface area contributed by atoms with Gasteiger partial charge in [-0.1, -0.05) is 13.3 Å². The van der Waals surface area contributed by atoms with Gasteiger partial charge in [-0.05, 0) is 38.5 Å². The number of carbonyl (C=O) groups excluding carboxylic acids is 1. The van der Waals surface area contributed by atoms with Crippen LogP contribution in [0, 0.1) is 0 Å². The average Bonchev–Trinajstić information content (AvgIpc) is 3.23. The highest BCUT2D eigenvalue weighted by Crippen LogP contribution is 2.37. The summed E-state index contributed by atoms with van der Waals surface area (Å²) >= 11 is 0. The van der Waals surface area contributed by atoms with Crippen molar-refractivity contribution in [1.29, 1.82) is 0 Å². The maximum Gasteiger partial charge on any atom is 0.257 e. The molecule has 0 aromatic carbocycles. The van der Waals surface area contributed by atoms with E-state index in [1.54, 1.807) is 6.20 Å². The first kappa shape index (κ1) is 16.3. The Morgan fingerprint density at radius 1 is 1.20 bits per heavy atom. The van der Waals surface area contributed by atoms with Gasteiger partial charge < -0.3 is 9.32 Å². The molecule has 7 nitrogen and oxygen atoms in total. The van der Waals surface area contributed by atoms with Gasteiger partial charge in [-0.3, -0.25) is 9.48 Å². The van der Waals surface area contributed by atoms with E-state index in [1.807, 2.05) is 15.8 Å². The summed E-state index contributed by atoms with van der Waals surface area (Å²) in [6, 6.07) is -0.114. The van der Waals surface area contributed by atoms with Crippen LogP contribution in [0.25, 0.3) is 0 Å². The van der Waals surface area contributed by atoms with E-state index in [4.69, 9.17) is 4.42 Å². The number of aryl methyl sites for hydroxylation is 1. The zero-order valence-electron chi connectivity index (χ0n) is 14.7. The van der Waals surface area contributed by atoms with Crippen LogP contribution in [0.15, 0.2) is 16.8 Å². The molecule has 4 rings (SSSR count). The highest BCUT2D eigenvalue weighted by Gasteiger charge is 2.34. The molecule has 1 aliphatic heterocycles. The van der Waals surface area contributed by atoms with Crippen LogP contribution in [0.2, 0.25) is 0 Å². The molecule has 2 aliphatic rings. The summed E-state index contributed by atoms with van der Waals surface area (Å²) in [6.07, 6.45) is 11.0. The van der Waals surface area contributed by atoms with E-state index in [0.717, 1.165) is 57.5 Å². The van der Waals surface area contributed by atoms with Crippen LogP contribution < -0.4 is 0 Å². The summed E-state index contributed by atoms with van der Waals surface area (Å²) in [7, 11) is 0. The molecule has 134 valence electrons. The molecular weight excluding hydrogens is 318 g/mol. The molecule has 0 radical (unpaired) electrons. The van der Waals surface area contributed by atoms with Gasteiger partial charge in [-0.15, -0.1) is 10.2 Å². The zero-order valence-corrected chi connectivity index (χ0v) is 14.7. The Bertz CT molecular complexity index is 733. The van der Waals surface area contributed by atoms with Gasteiger partial charge in [-0.2, -0.15) is 5.10 Å². The minimum Gasteiger partial charge on any atom is -0.423 e. The monoisotopic (exact) mass is 343 g/mol. The first-order valence-electron chi connectivity index (χ1n) is 9.43. The molecular formula is C18H25N5O2. The van der Waals surface area contributed by atoms with Crippen molar-refractivity contribution in [1.82, 2.24) is 24.9 Å². The number of piperidine rings is 1. The molecule has 1 saturated heterocycles. The van der Waals surface area contributed by atoms with E-state index in [1.165, 1.54) is 6.42 Å². The van der Waals surface area contributed by atoms with E-state index < -0.39 is 0 Å². The molecule has 3 heterocycles. The van der Waals surface area contributed by atoms with Crippen molar-refractivity contribution >= 4 is 5.91 Å². The molecule has 0 bridgehead atoms. The molecule has 1 atom stereocenters. The molecule has 1 unspecified atom stereocenters.